The number of nitro benzene ring substituents is 1. The van der Waals surface area contributed by atoms with E-state index in [0.29, 0.717) is 22.6 Å². The van der Waals surface area contributed by atoms with Crippen LogP contribution in [0.4, 0.5) is 10.5 Å². The first kappa shape index (κ1) is 21.7. The highest BCUT2D eigenvalue weighted by molar-refractivity contribution is 8.18. The van der Waals surface area contributed by atoms with Crippen molar-refractivity contribution < 1.29 is 18.9 Å². The van der Waals surface area contributed by atoms with Crippen molar-refractivity contribution in [3.05, 3.63) is 105 Å². The predicted molar refractivity (Wildman–Crippen MR) is 131 cm³/mol. The van der Waals surface area contributed by atoms with Gasteiger partial charge in [-0.25, -0.2) is 0 Å². The molecule has 3 aromatic carbocycles. The first-order valence-electron chi connectivity index (χ1n) is 10.5. The number of imide groups is 1. The highest BCUT2D eigenvalue weighted by atomic mass is 32.2. The number of hydrogen-bond acceptors (Lipinski definition) is 6. The molecule has 0 N–H and O–H groups in total. The van der Waals surface area contributed by atoms with E-state index in [1.165, 1.54) is 11.0 Å². The molecule has 0 atom stereocenters. The molecule has 0 saturated carbocycles. The summed E-state index contributed by atoms with van der Waals surface area (Å²) in [5.74, 6) is 0.564. The summed E-state index contributed by atoms with van der Waals surface area (Å²) in [7, 11) is 0. The summed E-state index contributed by atoms with van der Waals surface area (Å²) in [5, 5.41) is 12.8. The maximum absolute atomic E-state index is 12.9. The van der Waals surface area contributed by atoms with Crippen molar-refractivity contribution in [3.63, 3.8) is 0 Å². The minimum atomic E-state index is -0.430. The molecule has 1 aliphatic heterocycles. The molecule has 2 heterocycles. The van der Waals surface area contributed by atoms with Crippen LogP contribution in [0.3, 0.4) is 0 Å². The first-order valence-corrected chi connectivity index (χ1v) is 11.3. The molecule has 1 saturated heterocycles. The molecule has 2 amide bonds. The van der Waals surface area contributed by atoms with Crippen molar-refractivity contribution in [3.8, 4) is 11.3 Å². The van der Waals surface area contributed by atoms with Crippen LogP contribution in [0.1, 0.15) is 16.9 Å². The summed E-state index contributed by atoms with van der Waals surface area (Å²) >= 11 is 0.876. The predicted octanol–water partition coefficient (Wildman–Crippen LogP) is 6.55. The number of amides is 2. The third-order valence-electron chi connectivity index (χ3n) is 5.61. The van der Waals surface area contributed by atoms with Crippen LogP contribution in [0.25, 0.3) is 28.2 Å². The molecule has 168 valence electrons. The second-order valence-corrected chi connectivity index (χ2v) is 8.90. The summed E-state index contributed by atoms with van der Waals surface area (Å²) in [6.07, 6.45) is 1.55. The van der Waals surface area contributed by atoms with Crippen molar-refractivity contribution in [2.45, 2.75) is 13.5 Å². The summed E-state index contributed by atoms with van der Waals surface area (Å²) < 4.78 is 5.83. The number of carbonyl (C=O) groups is 2. The molecule has 0 bridgehead atoms. The number of thioether (sulfide) groups is 1. The fourth-order valence-corrected chi connectivity index (χ4v) is 4.70. The Bertz CT molecular complexity index is 1500. The van der Waals surface area contributed by atoms with Gasteiger partial charge in [-0.1, -0.05) is 36.4 Å². The van der Waals surface area contributed by atoms with Gasteiger partial charge in [0.2, 0.25) is 0 Å². The van der Waals surface area contributed by atoms with Crippen molar-refractivity contribution in [2.75, 3.05) is 0 Å². The summed E-state index contributed by atoms with van der Waals surface area (Å²) in [4.78, 5) is 37.6. The Morgan fingerprint density at radius 2 is 1.79 bits per heavy atom. The summed E-state index contributed by atoms with van der Waals surface area (Å²) in [6.45, 7) is 1.86. The zero-order valence-corrected chi connectivity index (χ0v) is 18.9. The van der Waals surface area contributed by atoms with E-state index in [0.717, 1.165) is 28.1 Å². The smallest absolute Gasteiger partial charge is 0.293 e. The molecule has 1 aliphatic rings. The van der Waals surface area contributed by atoms with E-state index >= 15 is 0 Å². The van der Waals surface area contributed by atoms with Crippen LogP contribution in [-0.2, 0) is 11.3 Å². The quantitative estimate of drug-likeness (QED) is 0.186. The van der Waals surface area contributed by atoms with E-state index in [9.17, 15) is 19.7 Å². The average Bonchev–Trinajstić information content (AvgIpc) is 3.39. The van der Waals surface area contributed by atoms with Gasteiger partial charge in [-0.3, -0.25) is 24.6 Å². The Morgan fingerprint density at radius 1 is 1.00 bits per heavy atom. The molecule has 7 nitrogen and oxygen atoms in total. The topological polar surface area (TPSA) is 93.7 Å². The molecule has 1 fully saturated rings. The van der Waals surface area contributed by atoms with Gasteiger partial charge in [-0.2, -0.15) is 0 Å². The lowest BCUT2D eigenvalue weighted by Crippen LogP contribution is -2.27. The number of aryl methyl sites for hydroxylation is 1. The van der Waals surface area contributed by atoms with Crippen LogP contribution in [-0.4, -0.2) is 21.0 Å². The second kappa shape index (κ2) is 8.64. The van der Waals surface area contributed by atoms with Crippen LogP contribution in [0.5, 0.6) is 0 Å². The zero-order chi connectivity index (χ0) is 23.8. The second-order valence-electron chi connectivity index (χ2n) is 7.91. The fraction of sp³-hybridized carbons (Fsp3) is 0.0769. The standard InChI is InChI=1S/C26H18N2O5S/c1-16-12-20(8-10-22(16)28(31)32)23-11-9-21(33-23)14-24-25(29)27(26(30)34-24)15-17-6-7-18-4-2-3-5-19(18)13-17/h2-14H,15H2,1H3/b24-14-. The van der Waals surface area contributed by atoms with Gasteiger partial charge < -0.3 is 4.42 Å². The highest BCUT2D eigenvalue weighted by Crippen LogP contribution is 2.35. The van der Waals surface area contributed by atoms with E-state index in [2.05, 4.69) is 0 Å². The third kappa shape index (κ3) is 4.11. The first-order chi connectivity index (χ1) is 16.4. The zero-order valence-electron chi connectivity index (χ0n) is 18.1. The van der Waals surface area contributed by atoms with E-state index < -0.39 is 4.92 Å². The molecule has 0 spiro atoms. The number of rotatable bonds is 5. The maximum Gasteiger partial charge on any atom is 0.293 e. The van der Waals surface area contributed by atoms with E-state index in [4.69, 9.17) is 4.42 Å². The van der Waals surface area contributed by atoms with Gasteiger partial charge in [0.1, 0.15) is 11.5 Å². The summed E-state index contributed by atoms with van der Waals surface area (Å²) in [6, 6.07) is 21.9. The van der Waals surface area contributed by atoms with Crippen LogP contribution in [0, 0.1) is 17.0 Å². The van der Waals surface area contributed by atoms with Crippen molar-refractivity contribution in [1.29, 1.82) is 0 Å². The van der Waals surface area contributed by atoms with Crippen LogP contribution >= 0.6 is 11.8 Å². The maximum atomic E-state index is 12.9. The number of nitrogens with zero attached hydrogens (tertiary/aromatic N) is 2. The lowest BCUT2D eigenvalue weighted by molar-refractivity contribution is -0.385. The lowest BCUT2D eigenvalue weighted by atomic mass is 10.1. The minimum absolute atomic E-state index is 0.0376. The van der Waals surface area contributed by atoms with E-state index in [-0.39, 0.29) is 28.3 Å². The SMILES string of the molecule is Cc1cc(-c2ccc(/C=C3\SC(=O)N(Cc4ccc5ccccc5c4)C3=O)o2)ccc1[N+](=O)[O-]. The molecule has 0 radical (unpaired) electrons. The van der Waals surface area contributed by atoms with Gasteiger partial charge in [-0.15, -0.1) is 0 Å². The van der Waals surface area contributed by atoms with Crippen LogP contribution in [0.15, 0.2) is 82.1 Å². The van der Waals surface area contributed by atoms with Gasteiger partial charge in [0, 0.05) is 23.3 Å². The average molecular weight is 471 g/mol. The number of nitro groups is 1. The number of furan rings is 1. The van der Waals surface area contributed by atoms with Crippen molar-refractivity contribution in [1.82, 2.24) is 4.90 Å². The normalized spacial score (nSPS) is 15.0. The minimum Gasteiger partial charge on any atom is -0.457 e. The fourth-order valence-electron chi connectivity index (χ4n) is 3.88. The Kier molecular flexibility index (Phi) is 5.51. The summed E-state index contributed by atoms with van der Waals surface area (Å²) in [5.41, 5.74) is 2.12. The Hall–Kier alpha value is -4.17. The van der Waals surface area contributed by atoms with Gasteiger partial charge in [0.25, 0.3) is 16.8 Å². The number of fused-ring (bicyclic) bond motifs is 1. The molecule has 5 rings (SSSR count). The third-order valence-corrected chi connectivity index (χ3v) is 6.51. The van der Waals surface area contributed by atoms with Gasteiger partial charge in [-0.05, 0) is 65.4 Å². The van der Waals surface area contributed by atoms with E-state index in [1.807, 2.05) is 42.5 Å². The Balaban J connectivity index is 1.35. The van der Waals surface area contributed by atoms with Crippen molar-refractivity contribution in [2.24, 2.45) is 0 Å². The molecule has 4 aromatic rings. The van der Waals surface area contributed by atoms with E-state index in [1.54, 1.807) is 37.3 Å². The largest absolute Gasteiger partial charge is 0.457 e. The Labute approximate surface area is 198 Å². The number of benzene rings is 3. The molecule has 34 heavy (non-hydrogen) atoms. The van der Waals surface area contributed by atoms with Crippen LogP contribution < -0.4 is 0 Å². The van der Waals surface area contributed by atoms with Crippen molar-refractivity contribution >= 4 is 45.4 Å². The Morgan fingerprint density at radius 3 is 2.56 bits per heavy atom. The van der Waals surface area contributed by atoms with Gasteiger partial charge in [0.05, 0.1) is 16.4 Å². The monoisotopic (exact) mass is 470 g/mol. The number of carbonyl (C=O) groups excluding carboxylic acids is 2. The molecular formula is C26H18N2O5S. The number of hydrogen-bond donors (Lipinski definition) is 0. The molecule has 8 heteroatoms. The molecular weight excluding hydrogens is 452 g/mol. The molecule has 1 aromatic heterocycles. The van der Waals surface area contributed by atoms with Gasteiger partial charge >= 0.3 is 0 Å². The van der Waals surface area contributed by atoms with Crippen LogP contribution in [0.2, 0.25) is 0 Å². The van der Waals surface area contributed by atoms with Gasteiger partial charge in [0.15, 0.2) is 0 Å². The lowest BCUT2D eigenvalue weighted by Gasteiger charge is -2.13. The molecule has 0 unspecified atom stereocenters. The molecule has 0 aliphatic carbocycles. The highest BCUT2D eigenvalue weighted by Gasteiger charge is 2.35.